The summed E-state index contributed by atoms with van der Waals surface area (Å²) >= 11 is 1.42. The molecule has 4 rings (SSSR count). The Morgan fingerprint density at radius 1 is 1.18 bits per heavy atom. The van der Waals surface area contributed by atoms with Gasteiger partial charge < -0.3 is 19.4 Å². The number of nitrogens with zero attached hydrogens (tertiary/aromatic N) is 2. The van der Waals surface area contributed by atoms with Gasteiger partial charge in [0.25, 0.3) is 0 Å². The Morgan fingerprint density at radius 3 is 2.93 bits per heavy atom. The SMILES string of the molecule is Cc1ccc(C)c(NC(=O)CSc2nccn2Cc2ccc3c(c2)OCO3)c1. The van der Waals surface area contributed by atoms with Crippen LogP contribution >= 0.6 is 11.8 Å². The van der Waals surface area contributed by atoms with Crippen LogP contribution in [-0.4, -0.2) is 28.0 Å². The van der Waals surface area contributed by atoms with Crippen LogP contribution in [0.5, 0.6) is 11.5 Å². The fourth-order valence-electron chi connectivity index (χ4n) is 2.98. The number of aromatic nitrogens is 2. The van der Waals surface area contributed by atoms with Crippen LogP contribution in [0.25, 0.3) is 0 Å². The summed E-state index contributed by atoms with van der Waals surface area (Å²) in [5.74, 6) is 1.79. The summed E-state index contributed by atoms with van der Waals surface area (Å²) < 4.78 is 12.8. The molecule has 1 N–H and O–H groups in total. The number of rotatable bonds is 6. The van der Waals surface area contributed by atoms with Crippen molar-refractivity contribution in [3.05, 3.63) is 65.5 Å². The molecule has 1 amide bonds. The lowest BCUT2D eigenvalue weighted by molar-refractivity contribution is -0.113. The van der Waals surface area contributed by atoms with Gasteiger partial charge in [-0.3, -0.25) is 4.79 Å². The molecular weight excluding hydrogens is 374 g/mol. The number of imidazole rings is 1. The van der Waals surface area contributed by atoms with E-state index in [1.165, 1.54) is 11.8 Å². The highest BCUT2D eigenvalue weighted by atomic mass is 32.2. The lowest BCUT2D eigenvalue weighted by atomic mass is 10.1. The Bertz CT molecular complexity index is 1020. The lowest BCUT2D eigenvalue weighted by Gasteiger charge is -2.10. The van der Waals surface area contributed by atoms with Gasteiger partial charge >= 0.3 is 0 Å². The summed E-state index contributed by atoms with van der Waals surface area (Å²) in [6.45, 7) is 4.91. The minimum absolute atomic E-state index is 0.0451. The number of carbonyl (C=O) groups excluding carboxylic acids is 1. The largest absolute Gasteiger partial charge is 0.454 e. The summed E-state index contributed by atoms with van der Waals surface area (Å²) in [5, 5.41) is 3.78. The molecule has 28 heavy (non-hydrogen) atoms. The molecule has 1 aliphatic rings. The van der Waals surface area contributed by atoms with Crippen LogP contribution in [0.2, 0.25) is 0 Å². The van der Waals surface area contributed by atoms with Crippen molar-refractivity contribution in [1.82, 2.24) is 9.55 Å². The van der Waals surface area contributed by atoms with E-state index in [-0.39, 0.29) is 12.7 Å². The third-order valence-corrected chi connectivity index (χ3v) is 5.47. The molecule has 144 valence electrons. The molecule has 0 spiro atoms. The first kappa shape index (κ1) is 18.4. The summed E-state index contributed by atoms with van der Waals surface area (Å²) in [6, 6.07) is 11.9. The van der Waals surface area contributed by atoms with Crippen LogP contribution in [0.15, 0.2) is 53.9 Å². The molecule has 0 aliphatic carbocycles. The van der Waals surface area contributed by atoms with E-state index in [2.05, 4.69) is 10.3 Å². The van der Waals surface area contributed by atoms with Gasteiger partial charge in [-0.15, -0.1) is 0 Å². The second-order valence-corrected chi connectivity index (χ2v) is 7.62. The number of benzene rings is 2. The molecule has 0 atom stereocenters. The van der Waals surface area contributed by atoms with Crippen LogP contribution in [0.4, 0.5) is 5.69 Å². The number of hydrogen-bond donors (Lipinski definition) is 1. The van der Waals surface area contributed by atoms with E-state index >= 15 is 0 Å². The average Bonchev–Trinajstić information content (AvgIpc) is 3.32. The van der Waals surface area contributed by atoms with Gasteiger partial charge in [-0.1, -0.05) is 30.0 Å². The Hall–Kier alpha value is -2.93. The second kappa shape index (κ2) is 7.98. The number of carbonyl (C=O) groups is 1. The number of nitrogens with one attached hydrogen (secondary N) is 1. The molecule has 0 fully saturated rings. The van der Waals surface area contributed by atoms with Crippen LogP contribution in [0, 0.1) is 13.8 Å². The zero-order valence-corrected chi connectivity index (χ0v) is 16.6. The summed E-state index contributed by atoms with van der Waals surface area (Å²) in [7, 11) is 0. The molecule has 3 aromatic rings. The van der Waals surface area contributed by atoms with Crippen molar-refractivity contribution in [1.29, 1.82) is 0 Å². The summed E-state index contributed by atoms with van der Waals surface area (Å²) in [6.07, 6.45) is 3.66. The highest BCUT2D eigenvalue weighted by Crippen LogP contribution is 2.33. The molecule has 1 aliphatic heterocycles. The third kappa shape index (κ3) is 4.14. The Kier molecular flexibility index (Phi) is 5.25. The number of ether oxygens (including phenoxy) is 2. The van der Waals surface area contributed by atoms with Gasteiger partial charge in [0.1, 0.15) is 0 Å². The van der Waals surface area contributed by atoms with Crippen LogP contribution in [0.1, 0.15) is 16.7 Å². The molecule has 0 bridgehead atoms. The first-order chi connectivity index (χ1) is 13.6. The van der Waals surface area contributed by atoms with Crippen LogP contribution < -0.4 is 14.8 Å². The molecule has 1 aromatic heterocycles. The predicted molar refractivity (Wildman–Crippen MR) is 109 cm³/mol. The highest BCUT2D eigenvalue weighted by molar-refractivity contribution is 7.99. The topological polar surface area (TPSA) is 65.4 Å². The van der Waals surface area contributed by atoms with Gasteiger partial charge in [-0.05, 0) is 48.7 Å². The summed E-state index contributed by atoms with van der Waals surface area (Å²) in [4.78, 5) is 16.8. The molecule has 2 heterocycles. The molecule has 0 saturated carbocycles. The lowest BCUT2D eigenvalue weighted by Crippen LogP contribution is -2.15. The summed E-state index contributed by atoms with van der Waals surface area (Å²) in [5.41, 5.74) is 4.11. The Labute approximate surface area is 167 Å². The quantitative estimate of drug-likeness (QED) is 0.639. The van der Waals surface area contributed by atoms with Gasteiger partial charge in [0.15, 0.2) is 16.7 Å². The van der Waals surface area contributed by atoms with Crippen molar-refractivity contribution in [3.8, 4) is 11.5 Å². The van der Waals surface area contributed by atoms with Crippen molar-refractivity contribution in [2.24, 2.45) is 0 Å². The predicted octanol–water partition coefficient (Wildman–Crippen LogP) is 4.01. The number of amides is 1. The molecule has 0 saturated heterocycles. The third-order valence-electron chi connectivity index (χ3n) is 4.47. The number of fused-ring (bicyclic) bond motifs is 1. The van der Waals surface area contributed by atoms with E-state index in [4.69, 9.17) is 9.47 Å². The van der Waals surface area contributed by atoms with Crippen LogP contribution in [0.3, 0.4) is 0 Å². The number of hydrogen-bond acceptors (Lipinski definition) is 5. The van der Waals surface area contributed by atoms with E-state index in [0.29, 0.717) is 12.3 Å². The minimum Gasteiger partial charge on any atom is -0.454 e. The molecule has 2 aromatic carbocycles. The maximum absolute atomic E-state index is 12.4. The maximum atomic E-state index is 12.4. The van der Waals surface area contributed by atoms with Crippen LogP contribution in [-0.2, 0) is 11.3 Å². The van der Waals surface area contributed by atoms with Crippen molar-refractivity contribution in [3.63, 3.8) is 0 Å². The second-order valence-electron chi connectivity index (χ2n) is 6.68. The number of aryl methyl sites for hydroxylation is 2. The van der Waals surface area contributed by atoms with E-state index in [1.807, 2.05) is 61.0 Å². The van der Waals surface area contributed by atoms with E-state index in [9.17, 15) is 4.79 Å². The van der Waals surface area contributed by atoms with Crippen molar-refractivity contribution < 1.29 is 14.3 Å². The van der Waals surface area contributed by atoms with Crippen molar-refractivity contribution in [2.45, 2.75) is 25.5 Å². The van der Waals surface area contributed by atoms with Gasteiger partial charge in [0.05, 0.1) is 5.75 Å². The Morgan fingerprint density at radius 2 is 2.04 bits per heavy atom. The smallest absolute Gasteiger partial charge is 0.234 e. The average molecular weight is 395 g/mol. The molecule has 7 heteroatoms. The van der Waals surface area contributed by atoms with E-state index in [1.54, 1.807) is 6.20 Å². The van der Waals surface area contributed by atoms with Crippen molar-refractivity contribution >= 4 is 23.4 Å². The van der Waals surface area contributed by atoms with Gasteiger partial charge in [-0.25, -0.2) is 4.98 Å². The van der Waals surface area contributed by atoms with Gasteiger partial charge in [-0.2, -0.15) is 0 Å². The molecular formula is C21H21N3O3S. The fourth-order valence-corrected chi connectivity index (χ4v) is 3.74. The fraction of sp³-hybridized carbons (Fsp3) is 0.238. The first-order valence-corrected chi connectivity index (χ1v) is 9.96. The van der Waals surface area contributed by atoms with Gasteiger partial charge in [0.2, 0.25) is 12.7 Å². The monoisotopic (exact) mass is 395 g/mol. The van der Waals surface area contributed by atoms with Gasteiger partial charge in [0, 0.05) is 24.6 Å². The number of anilines is 1. The van der Waals surface area contributed by atoms with Crippen molar-refractivity contribution in [2.75, 3.05) is 17.9 Å². The van der Waals surface area contributed by atoms with E-state index < -0.39 is 0 Å². The zero-order valence-electron chi connectivity index (χ0n) is 15.8. The normalized spacial score (nSPS) is 12.2. The molecule has 0 unspecified atom stereocenters. The standard InChI is InChI=1S/C21H21N3O3S/c1-14-3-4-15(2)17(9-14)23-20(25)12-28-21-22-7-8-24(21)11-16-5-6-18-19(10-16)27-13-26-18/h3-10H,11-13H2,1-2H3,(H,23,25). The Balaban J connectivity index is 1.38. The number of thioether (sulfide) groups is 1. The molecule has 6 nitrogen and oxygen atoms in total. The maximum Gasteiger partial charge on any atom is 0.234 e. The van der Waals surface area contributed by atoms with E-state index in [0.717, 1.165) is 39.0 Å². The highest BCUT2D eigenvalue weighted by Gasteiger charge is 2.14. The minimum atomic E-state index is -0.0451. The zero-order chi connectivity index (χ0) is 19.5. The molecule has 0 radical (unpaired) electrons. The first-order valence-electron chi connectivity index (χ1n) is 8.98.